The lowest BCUT2D eigenvalue weighted by atomic mass is 9.93. The third-order valence-corrected chi connectivity index (χ3v) is 3.59. The molecular weight excluding hydrogens is 272 g/mol. The Kier molecular flexibility index (Phi) is 5.16. The first kappa shape index (κ1) is 15.3. The maximum absolute atomic E-state index is 11.9. The zero-order valence-electron chi connectivity index (χ0n) is 11.7. The molecular formula is C15H20N2O4. The second-order valence-corrected chi connectivity index (χ2v) is 5.33. The Morgan fingerprint density at radius 3 is 2.71 bits per heavy atom. The van der Waals surface area contributed by atoms with E-state index in [1.54, 1.807) is 24.3 Å². The van der Waals surface area contributed by atoms with Gasteiger partial charge in [0.2, 0.25) is 0 Å². The molecule has 6 nitrogen and oxygen atoms in total. The van der Waals surface area contributed by atoms with Crippen molar-refractivity contribution in [2.45, 2.75) is 44.2 Å². The molecule has 0 saturated heterocycles. The monoisotopic (exact) mass is 292 g/mol. The van der Waals surface area contributed by atoms with Crippen LogP contribution in [-0.4, -0.2) is 34.4 Å². The predicted molar refractivity (Wildman–Crippen MR) is 78.2 cm³/mol. The van der Waals surface area contributed by atoms with Crippen molar-refractivity contribution >= 4 is 17.7 Å². The summed E-state index contributed by atoms with van der Waals surface area (Å²) in [6.45, 7) is 0. The second kappa shape index (κ2) is 7.08. The molecule has 114 valence electrons. The molecule has 0 radical (unpaired) electrons. The molecule has 0 spiro atoms. The van der Waals surface area contributed by atoms with Crippen molar-refractivity contribution in [1.29, 1.82) is 0 Å². The van der Waals surface area contributed by atoms with E-state index >= 15 is 0 Å². The summed E-state index contributed by atoms with van der Waals surface area (Å²) < 4.78 is 0. The van der Waals surface area contributed by atoms with E-state index in [1.165, 1.54) is 0 Å². The fourth-order valence-electron chi connectivity index (χ4n) is 2.55. The van der Waals surface area contributed by atoms with Crippen LogP contribution in [0.1, 0.15) is 31.2 Å². The normalized spacial score (nSPS) is 21.6. The molecule has 0 aliphatic heterocycles. The molecule has 1 fully saturated rings. The zero-order valence-corrected chi connectivity index (χ0v) is 11.7. The number of anilines is 1. The molecule has 1 aliphatic carbocycles. The Labute approximate surface area is 123 Å². The minimum Gasteiger partial charge on any atom is -0.481 e. The number of carboxylic acid groups (broad SMARTS) is 1. The van der Waals surface area contributed by atoms with Crippen molar-refractivity contribution in [3.63, 3.8) is 0 Å². The number of aliphatic hydroxyl groups excluding tert-OH is 1. The van der Waals surface area contributed by atoms with E-state index in [0.29, 0.717) is 17.7 Å². The van der Waals surface area contributed by atoms with Crippen LogP contribution < -0.4 is 10.6 Å². The van der Waals surface area contributed by atoms with Crippen molar-refractivity contribution < 1.29 is 19.8 Å². The Hall–Kier alpha value is -2.08. The van der Waals surface area contributed by atoms with E-state index < -0.39 is 12.1 Å². The van der Waals surface area contributed by atoms with Gasteiger partial charge in [0.05, 0.1) is 18.6 Å². The van der Waals surface area contributed by atoms with Crippen LogP contribution in [0.25, 0.3) is 0 Å². The quantitative estimate of drug-likeness (QED) is 0.679. The number of carbonyl (C=O) groups is 2. The molecule has 2 amide bonds. The Bertz CT molecular complexity index is 518. The largest absolute Gasteiger partial charge is 0.481 e. The number of amides is 2. The van der Waals surface area contributed by atoms with Gasteiger partial charge in [0, 0.05) is 5.69 Å². The summed E-state index contributed by atoms with van der Waals surface area (Å²) in [4.78, 5) is 22.6. The van der Waals surface area contributed by atoms with E-state index in [4.69, 9.17) is 5.11 Å². The summed E-state index contributed by atoms with van der Waals surface area (Å²) in [5, 5.41) is 24.0. The van der Waals surface area contributed by atoms with E-state index in [0.717, 1.165) is 19.3 Å². The van der Waals surface area contributed by atoms with Gasteiger partial charge in [-0.1, -0.05) is 25.0 Å². The maximum Gasteiger partial charge on any atom is 0.319 e. The van der Waals surface area contributed by atoms with E-state index in [9.17, 15) is 14.7 Å². The van der Waals surface area contributed by atoms with Crippen LogP contribution in [0.5, 0.6) is 0 Å². The highest BCUT2D eigenvalue weighted by molar-refractivity contribution is 5.89. The number of hydrogen-bond donors (Lipinski definition) is 4. The van der Waals surface area contributed by atoms with Gasteiger partial charge in [-0.05, 0) is 30.5 Å². The minimum absolute atomic E-state index is 0.0848. The lowest BCUT2D eigenvalue weighted by Crippen LogP contribution is -2.46. The van der Waals surface area contributed by atoms with Crippen LogP contribution in [-0.2, 0) is 11.2 Å². The molecule has 0 bridgehead atoms. The van der Waals surface area contributed by atoms with Gasteiger partial charge in [-0.15, -0.1) is 0 Å². The highest BCUT2D eigenvalue weighted by atomic mass is 16.4. The van der Waals surface area contributed by atoms with Crippen molar-refractivity contribution in [1.82, 2.24) is 5.32 Å². The number of aliphatic hydroxyl groups is 1. The van der Waals surface area contributed by atoms with Crippen LogP contribution in [0.15, 0.2) is 24.3 Å². The molecule has 1 aliphatic rings. The number of carboxylic acids is 1. The Morgan fingerprint density at radius 2 is 2.00 bits per heavy atom. The minimum atomic E-state index is -0.915. The summed E-state index contributed by atoms with van der Waals surface area (Å²) in [7, 11) is 0. The smallest absolute Gasteiger partial charge is 0.319 e. The number of hydrogen-bond acceptors (Lipinski definition) is 3. The van der Waals surface area contributed by atoms with Gasteiger partial charge < -0.3 is 20.8 Å². The molecule has 21 heavy (non-hydrogen) atoms. The van der Waals surface area contributed by atoms with Crippen molar-refractivity contribution in [3.05, 3.63) is 29.8 Å². The number of nitrogens with one attached hydrogen (secondary N) is 2. The molecule has 6 heteroatoms. The highest BCUT2D eigenvalue weighted by Crippen LogP contribution is 2.18. The number of aliphatic carboxylic acids is 1. The van der Waals surface area contributed by atoms with Gasteiger partial charge in [0.25, 0.3) is 0 Å². The summed E-state index contributed by atoms with van der Waals surface area (Å²) in [5.41, 5.74) is 1.16. The predicted octanol–water partition coefficient (Wildman–Crippen LogP) is 1.74. The molecule has 2 rings (SSSR count). The molecule has 4 N–H and O–H groups in total. The molecule has 2 unspecified atom stereocenters. The first-order chi connectivity index (χ1) is 10.0. The first-order valence-electron chi connectivity index (χ1n) is 7.11. The number of carbonyl (C=O) groups excluding carboxylic acids is 1. The van der Waals surface area contributed by atoms with Crippen LogP contribution in [0.3, 0.4) is 0 Å². The SMILES string of the molecule is O=C(O)Cc1cccc(NC(=O)NC2CCCCC2O)c1. The number of benzene rings is 1. The zero-order chi connectivity index (χ0) is 15.2. The van der Waals surface area contributed by atoms with E-state index in [1.807, 2.05) is 0 Å². The van der Waals surface area contributed by atoms with E-state index in [2.05, 4.69) is 10.6 Å². The van der Waals surface area contributed by atoms with Crippen LogP contribution in [0, 0.1) is 0 Å². The van der Waals surface area contributed by atoms with Crippen LogP contribution in [0.4, 0.5) is 10.5 Å². The second-order valence-electron chi connectivity index (χ2n) is 5.33. The average molecular weight is 292 g/mol. The number of rotatable bonds is 4. The third kappa shape index (κ3) is 4.75. The van der Waals surface area contributed by atoms with Crippen molar-refractivity contribution in [2.24, 2.45) is 0 Å². The summed E-state index contributed by atoms with van der Waals surface area (Å²) in [6.07, 6.45) is 2.88. The van der Waals surface area contributed by atoms with Crippen molar-refractivity contribution in [3.8, 4) is 0 Å². The molecule has 1 aromatic carbocycles. The van der Waals surface area contributed by atoms with Gasteiger partial charge in [-0.25, -0.2) is 4.79 Å². The molecule has 0 aromatic heterocycles. The summed E-state index contributed by atoms with van der Waals surface area (Å²) in [6, 6.07) is 6.12. The maximum atomic E-state index is 11.9. The molecule has 1 aromatic rings. The lowest BCUT2D eigenvalue weighted by molar-refractivity contribution is -0.136. The van der Waals surface area contributed by atoms with Gasteiger partial charge in [-0.2, -0.15) is 0 Å². The molecule has 1 saturated carbocycles. The lowest BCUT2D eigenvalue weighted by Gasteiger charge is -2.28. The van der Waals surface area contributed by atoms with Crippen LogP contribution >= 0.6 is 0 Å². The van der Waals surface area contributed by atoms with Crippen molar-refractivity contribution in [2.75, 3.05) is 5.32 Å². The van der Waals surface area contributed by atoms with Gasteiger partial charge in [0.1, 0.15) is 0 Å². The van der Waals surface area contributed by atoms with Gasteiger partial charge >= 0.3 is 12.0 Å². The highest BCUT2D eigenvalue weighted by Gasteiger charge is 2.24. The van der Waals surface area contributed by atoms with E-state index in [-0.39, 0.29) is 18.5 Å². The fraction of sp³-hybridized carbons (Fsp3) is 0.467. The number of urea groups is 1. The standard InChI is InChI=1S/C15H20N2O4/c18-13-7-2-1-6-12(13)17-15(21)16-11-5-3-4-10(8-11)9-14(19)20/h3-5,8,12-13,18H,1-2,6-7,9H2,(H,19,20)(H2,16,17,21). The first-order valence-corrected chi connectivity index (χ1v) is 7.11. The summed E-state index contributed by atoms with van der Waals surface area (Å²) in [5.74, 6) is -0.915. The van der Waals surface area contributed by atoms with Gasteiger partial charge in [-0.3, -0.25) is 4.79 Å². The average Bonchev–Trinajstić information content (AvgIpc) is 2.41. The fourth-order valence-corrected chi connectivity index (χ4v) is 2.55. The van der Waals surface area contributed by atoms with Gasteiger partial charge in [0.15, 0.2) is 0 Å². The Morgan fingerprint density at radius 1 is 1.24 bits per heavy atom. The van der Waals surface area contributed by atoms with Crippen LogP contribution in [0.2, 0.25) is 0 Å². The third-order valence-electron chi connectivity index (χ3n) is 3.59. The molecule has 0 heterocycles. The Balaban J connectivity index is 1.91. The topological polar surface area (TPSA) is 98.7 Å². The summed E-state index contributed by atoms with van der Waals surface area (Å²) >= 11 is 0. The molecule has 2 atom stereocenters.